The van der Waals surface area contributed by atoms with Gasteiger partial charge in [0, 0.05) is 5.92 Å². The molecule has 0 aromatic heterocycles. The van der Waals surface area contributed by atoms with Crippen LogP contribution in [0.15, 0.2) is 36.4 Å². The quantitative estimate of drug-likeness (QED) is 0.668. The highest BCUT2D eigenvalue weighted by molar-refractivity contribution is 5.74. The van der Waals surface area contributed by atoms with Gasteiger partial charge in [-0.05, 0) is 61.1 Å². The van der Waals surface area contributed by atoms with Crippen molar-refractivity contribution in [3.05, 3.63) is 58.7 Å². The zero-order valence-electron chi connectivity index (χ0n) is 14.0. The Morgan fingerprint density at radius 2 is 1.83 bits per heavy atom. The van der Waals surface area contributed by atoms with E-state index in [0.717, 1.165) is 12.0 Å². The van der Waals surface area contributed by atoms with E-state index in [0.29, 0.717) is 13.0 Å². The second-order valence-corrected chi connectivity index (χ2v) is 6.63. The standard InChI is InChI=1S/C20H22O4/c1-12-3-5-15(7-13(12)2)17-10-16(20(23)24-11-17)8-14-4-6-18(21)19(22)9-14/h3-7,9,16-17,21-22H,8,10-11H2,1-2H3/t16?,17-/m1/s1. The van der Waals surface area contributed by atoms with Crippen molar-refractivity contribution in [3.8, 4) is 11.5 Å². The number of aromatic hydroxyl groups is 2. The summed E-state index contributed by atoms with van der Waals surface area (Å²) in [5.74, 6) is -0.560. The average molecular weight is 326 g/mol. The lowest BCUT2D eigenvalue weighted by Crippen LogP contribution is -2.30. The van der Waals surface area contributed by atoms with E-state index in [1.165, 1.54) is 28.8 Å². The predicted molar refractivity (Wildman–Crippen MR) is 91.2 cm³/mol. The molecule has 2 N–H and O–H groups in total. The van der Waals surface area contributed by atoms with Gasteiger partial charge in [0.2, 0.25) is 0 Å². The first-order valence-electron chi connectivity index (χ1n) is 8.18. The molecule has 0 aliphatic carbocycles. The molecule has 2 aromatic rings. The topological polar surface area (TPSA) is 66.8 Å². The molecular weight excluding hydrogens is 304 g/mol. The minimum Gasteiger partial charge on any atom is -0.504 e. The van der Waals surface area contributed by atoms with E-state index in [2.05, 4.69) is 32.0 Å². The van der Waals surface area contributed by atoms with Gasteiger partial charge < -0.3 is 14.9 Å². The fourth-order valence-corrected chi connectivity index (χ4v) is 3.21. The molecule has 2 atom stereocenters. The van der Waals surface area contributed by atoms with Gasteiger partial charge in [-0.2, -0.15) is 0 Å². The van der Waals surface area contributed by atoms with E-state index in [-0.39, 0.29) is 29.3 Å². The van der Waals surface area contributed by atoms with Crippen LogP contribution in [0.5, 0.6) is 11.5 Å². The molecule has 4 nitrogen and oxygen atoms in total. The first-order valence-corrected chi connectivity index (χ1v) is 8.18. The summed E-state index contributed by atoms with van der Waals surface area (Å²) < 4.78 is 5.40. The average Bonchev–Trinajstić information content (AvgIpc) is 2.56. The molecule has 126 valence electrons. The van der Waals surface area contributed by atoms with Crippen LogP contribution in [0, 0.1) is 19.8 Å². The van der Waals surface area contributed by atoms with Gasteiger partial charge in [0.25, 0.3) is 0 Å². The summed E-state index contributed by atoms with van der Waals surface area (Å²) in [6.45, 7) is 4.59. The van der Waals surface area contributed by atoms with Crippen LogP contribution < -0.4 is 0 Å². The molecule has 24 heavy (non-hydrogen) atoms. The molecule has 3 rings (SSSR count). The normalized spacial score (nSPS) is 20.7. The molecule has 1 heterocycles. The molecule has 0 bridgehead atoms. The summed E-state index contributed by atoms with van der Waals surface area (Å²) in [5.41, 5.74) is 4.50. The molecule has 0 spiro atoms. The van der Waals surface area contributed by atoms with Crippen molar-refractivity contribution in [1.29, 1.82) is 0 Å². The molecule has 4 heteroatoms. The van der Waals surface area contributed by atoms with Crippen LogP contribution in [0.25, 0.3) is 0 Å². The molecular formula is C20H22O4. The van der Waals surface area contributed by atoms with E-state index in [9.17, 15) is 15.0 Å². The number of phenols is 2. The van der Waals surface area contributed by atoms with Gasteiger partial charge >= 0.3 is 5.97 Å². The Balaban J connectivity index is 1.76. The summed E-state index contributed by atoms with van der Waals surface area (Å²) in [6.07, 6.45) is 1.22. The number of ether oxygens (including phenoxy) is 1. The van der Waals surface area contributed by atoms with Gasteiger partial charge in [-0.3, -0.25) is 4.79 Å². The second-order valence-electron chi connectivity index (χ2n) is 6.63. The number of phenolic OH excluding ortho intramolecular Hbond substituents is 2. The largest absolute Gasteiger partial charge is 0.504 e. The summed E-state index contributed by atoms with van der Waals surface area (Å²) in [6, 6.07) is 11.1. The third-order valence-electron chi connectivity index (χ3n) is 4.85. The number of hydrogen-bond donors (Lipinski definition) is 2. The van der Waals surface area contributed by atoms with E-state index in [1.54, 1.807) is 6.07 Å². The van der Waals surface area contributed by atoms with Crippen molar-refractivity contribution in [3.63, 3.8) is 0 Å². The smallest absolute Gasteiger partial charge is 0.309 e. The van der Waals surface area contributed by atoms with Crippen LogP contribution >= 0.6 is 0 Å². The van der Waals surface area contributed by atoms with Gasteiger partial charge in [0.1, 0.15) is 0 Å². The summed E-state index contributed by atoms with van der Waals surface area (Å²) >= 11 is 0. The Bertz CT molecular complexity index is 766. The summed E-state index contributed by atoms with van der Waals surface area (Å²) in [4.78, 5) is 12.1. The van der Waals surface area contributed by atoms with Gasteiger partial charge in [0.15, 0.2) is 11.5 Å². The maximum absolute atomic E-state index is 12.1. The van der Waals surface area contributed by atoms with Crippen molar-refractivity contribution >= 4 is 5.97 Å². The SMILES string of the molecule is Cc1ccc([C@H]2COC(=O)C(Cc3ccc(O)c(O)c3)C2)cc1C. The maximum Gasteiger partial charge on any atom is 0.309 e. The maximum atomic E-state index is 12.1. The fourth-order valence-electron chi connectivity index (χ4n) is 3.21. The highest BCUT2D eigenvalue weighted by Crippen LogP contribution is 2.33. The van der Waals surface area contributed by atoms with E-state index < -0.39 is 0 Å². The Labute approximate surface area is 141 Å². The number of rotatable bonds is 3. The summed E-state index contributed by atoms with van der Waals surface area (Å²) in [5, 5.41) is 19.0. The van der Waals surface area contributed by atoms with Crippen molar-refractivity contribution in [1.82, 2.24) is 0 Å². The van der Waals surface area contributed by atoms with Crippen LogP contribution in [0.4, 0.5) is 0 Å². The van der Waals surface area contributed by atoms with Crippen LogP contribution in [0.1, 0.15) is 34.6 Å². The monoisotopic (exact) mass is 326 g/mol. The molecule has 1 saturated heterocycles. The van der Waals surface area contributed by atoms with Gasteiger partial charge in [-0.15, -0.1) is 0 Å². The number of cyclic esters (lactones) is 1. The van der Waals surface area contributed by atoms with Crippen molar-refractivity contribution < 1.29 is 19.7 Å². The lowest BCUT2D eigenvalue weighted by atomic mass is 9.83. The second kappa shape index (κ2) is 6.56. The van der Waals surface area contributed by atoms with E-state index in [1.807, 2.05) is 0 Å². The number of esters is 1. The van der Waals surface area contributed by atoms with Crippen molar-refractivity contribution in [2.24, 2.45) is 5.92 Å². The molecule has 1 aliphatic heterocycles. The number of carbonyl (C=O) groups excluding carboxylic acids is 1. The van der Waals surface area contributed by atoms with Crippen molar-refractivity contribution in [2.45, 2.75) is 32.6 Å². The highest BCUT2D eigenvalue weighted by Gasteiger charge is 2.31. The number of hydrogen-bond acceptors (Lipinski definition) is 4. The molecule has 1 fully saturated rings. The number of aryl methyl sites for hydroxylation is 2. The van der Waals surface area contributed by atoms with Gasteiger partial charge in [-0.1, -0.05) is 24.3 Å². The molecule has 0 saturated carbocycles. The minimum absolute atomic E-state index is 0.155. The number of carbonyl (C=O) groups is 1. The highest BCUT2D eigenvalue weighted by atomic mass is 16.5. The van der Waals surface area contributed by atoms with Gasteiger partial charge in [0.05, 0.1) is 12.5 Å². The molecule has 2 aromatic carbocycles. The van der Waals surface area contributed by atoms with Crippen molar-refractivity contribution in [2.75, 3.05) is 6.61 Å². The molecule has 1 aliphatic rings. The third kappa shape index (κ3) is 3.37. The van der Waals surface area contributed by atoms with E-state index >= 15 is 0 Å². The van der Waals surface area contributed by atoms with Crippen LogP contribution in [0.2, 0.25) is 0 Å². The zero-order valence-corrected chi connectivity index (χ0v) is 14.0. The lowest BCUT2D eigenvalue weighted by Gasteiger charge is -2.29. The Kier molecular flexibility index (Phi) is 4.47. The Hall–Kier alpha value is -2.49. The predicted octanol–water partition coefficient (Wildman–Crippen LogP) is 3.60. The van der Waals surface area contributed by atoms with Crippen LogP contribution in [0.3, 0.4) is 0 Å². The lowest BCUT2D eigenvalue weighted by molar-refractivity contribution is -0.154. The minimum atomic E-state index is -0.241. The summed E-state index contributed by atoms with van der Waals surface area (Å²) in [7, 11) is 0. The van der Waals surface area contributed by atoms with E-state index in [4.69, 9.17) is 4.74 Å². The fraction of sp³-hybridized carbons (Fsp3) is 0.350. The molecule has 0 radical (unpaired) electrons. The molecule has 1 unspecified atom stereocenters. The zero-order chi connectivity index (χ0) is 17.3. The third-order valence-corrected chi connectivity index (χ3v) is 4.85. The number of benzene rings is 2. The Morgan fingerprint density at radius 3 is 2.54 bits per heavy atom. The molecule has 0 amide bonds. The van der Waals surface area contributed by atoms with Crippen LogP contribution in [-0.4, -0.2) is 22.8 Å². The van der Waals surface area contributed by atoms with Gasteiger partial charge in [-0.25, -0.2) is 0 Å². The van der Waals surface area contributed by atoms with Crippen LogP contribution in [-0.2, 0) is 16.0 Å². The Morgan fingerprint density at radius 1 is 1.04 bits per heavy atom. The first-order chi connectivity index (χ1) is 11.4. The first kappa shape index (κ1) is 16.4.